The monoisotopic (exact) mass is 551 g/mol. The van der Waals surface area contributed by atoms with E-state index in [1.807, 2.05) is 54.6 Å². The van der Waals surface area contributed by atoms with E-state index in [1.165, 1.54) is 0 Å². The summed E-state index contributed by atoms with van der Waals surface area (Å²) in [5.41, 5.74) is 3.10. The largest absolute Gasteiger partial charge is 0.465 e. The molecule has 1 saturated heterocycles. The van der Waals surface area contributed by atoms with E-state index >= 15 is 0 Å². The molecule has 1 aliphatic rings. The number of aliphatic hydroxyl groups excluding tert-OH is 1. The molecule has 39 heavy (non-hydrogen) atoms. The molecule has 4 rings (SSSR count). The Balaban J connectivity index is 1.51. The molecule has 0 aliphatic carbocycles. The summed E-state index contributed by atoms with van der Waals surface area (Å²) in [7, 11) is 0. The molecular weight excluding hydrogens is 518 g/mol. The van der Waals surface area contributed by atoms with Crippen molar-refractivity contribution in [2.45, 2.75) is 44.0 Å². The number of aromatic nitrogens is 1. The molecule has 1 aromatic heterocycles. The maximum Gasteiger partial charge on any atom is 0.325 e. The third-order valence-electron chi connectivity index (χ3n) is 6.27. The topological polar surface area (TPSA) is 119 Å². The number of anilines is 1. The van der Waals surface area contributed by atoms with Crippen molar-refractivity contribution in [1.29, 1.82) is 0 Å². The second-order valence-corrected chi connectivity index (χ2v) is 10.1. The summed E-state index contributed by atoms with van der Waals surface area (Å²) >= 11 is 1.63. The van der Waals surface area contributed by atoms with Gasteiger partial charge in [0.15, 0.2) is 6.29 Å². The van der Waals surface area contributed by atoms with Gasteiger partial charge < -0.3 is 30.0 Å². The Hall–Kier alpha value is -3.44. The van der Waals surface area contributed by atoms with Crippen molar-refractivity contribution in [3.05, 3.63) is 89.6 Å². The van der Waals surface area contributed by atoms with E-state index in [-0.39, 0.29) is 37.9 Å². The van der Waals surface area contributed by atoms with E-state index in [1.54, 1.807) is 37.0 Å². The Morgan fingerprint density at radius 1 is 1.05 bits per heavy atom. The molecule has 0 bridgehead atoms. The molecule has 9 nitrogen and oxygen atoms in total. The van der Waals surface area contributed by atoms with Crippen LogP contribution in [0.1, 0.15) is 42.9 Å². The third-order valence-corrected chi connectivity index (χ3v) is 7.30. The van der Waals surface area contributed by atoms with Crippen molar-refractivity contribution in [2.75, 3.05) is 24.2 Å². The fourth-order valence-corrected chi connectivity index (χ4v) is 5.24. The maximum absolute atomic E-state index is 12.3. The fraction of sp³-hybridized carbons (Fsp3) is 0.345. The lowest BCUT2D eigenvalue weighted by atomic mass is 9.91. The van der Waals surface area contributed by atoms with Crippen LogP contribution in [-0.2, 0) is 25.6 Å². The number of ether oxygens (including phenoxy) is 3. The second kappa shape index (κ2) is 14.1. The smallest absolute Gasteiger partial charge is 0.325 e. The van der Waals surface area contributed by atoms with Crippen LogP contribution in [0.4, 0.5) is 10.5 Å². The zero-order chi connectivity index (χ0) is 27.6. The van der Waals surface area contributed by atoms with E-state index in [9.17, 15) is 14.7 Å². The molecule has 1 aliphatic heterocycles. The van der Waals surface area contributed by atoms with Gasteiger partial charge in [-0.2, -0.15) is 0 Å². The Labute approximate surface area is 232 Å². The van der Waals surface area contributed by atoms with Crippen molar-refractivity contribution >= 4 is 29.4 Å². The number of amides is 2. The molecular formula is C29H33N3O6S. The van der Waals surface area contributed by atoms with Gasteiger partial charge in [0.25, 0.3) is 0 Å². The van der Waals surface area contributed by atoms with Gasteiger partial charge in [0.05, 0.1) is 30.4 Å². The lowest BCUT2D eigenvalue weighted by Crippen LogP contribution is -2.38. The highest BCUT2D eigenvalue weighted by molar-refractivity contribution is 7.99. The van der Waals surface area contributed by atoms with Crippen LogP contribution < -0.4 is 10.6 Å². The highest BCUT2D eigenvalue weighted by atomic mass is 32.2. The summed E-state index contributed by atoms with van der Waals surface area (Å²) in [6.45, 7) is 3.81. The number of nitrogens with zero attached hydrogens (tertiary/aromatic N) is 1. The highest BCUT2D eigenvalue weighted by Gasteiger charge is 2.38. The van der Waals surface area contributed by atoms with Crippen LogP contribution in [0.15, 0.2) is 78.0 Å². The lowest BCUT2D eigenvalue weighted by Gasteiger charge is -2.41. The molecule has 0 saturated carbocycles. The first-order valence-electron chi connectivity index (χ1n) is 12.8. The Morgan fingerprint density at radius 2 is 1.87 bits per heavy atom. The third kappa shape index (κ3) is 8.03. The van der Waals surface area contributed by atoms with Crippen molar-refractivity contribution in [1.82, 2.24) is 10.3 Å². The van der Waals surface area contributed by atoms with Gasteiger partial charge in [-0.15, -0.1) is 11.8 Å². The average Bonchev–Trinajstić information content (AvgIpc) is 2.96. The van der Waals surface area contributed by atoms with Crippen LogP contribution in [0, 0.1) is 5.92 Å². The minimum Gasteiger partial charge on any atom is -0.465 e. The predicted molar refractivity (Wildman–Crippen MR) is 148 cm³/mol. The van der Waals surface area contributed by atoms with Gasteiger partial charge in [-0.05, 0) is 42.3 Å². The van der Waals surface area contributed by atoms with Crippen molar-refractivity contribution in [2.24, 2.45) is 5.92 Å². The van der Waals surface area contributed by atoms with Gasteiger partial charge in [0.1, 0.15) is 6.54 Å². The average molecular weight is 552 g/mol. The van der Waals surface area contributed by atoms with Gasteiger partial charge in [-0.3, -0.25) is 4.79 Å². The molecule has 2 amide bonds. The van der Waals surface area contributed by atoms with E-state index in [0.717, 1.165) is 21.7 Å². The lowest BCUT2D eigenvalue weighted by molar-refractivity contribution is -0.268. The molecule has 3 N–H and O–H groups in total. The van der Waals surface area contributed by atoms with E-state index < -0.39 is 18.3 Å². The van der Waals surface area contributed by atoms with Gasteiger partial charge in [0, 0.05) is 29.1 Å². The SMILES string of the molecule is CCOC(=O)CNC(=O)Nc1cccc([C@H]2O[C@@H](CSc3ccccn3)[C@@H](C)[C@@H](c3ccc(CO)cc3)O2)c1. The first-order chi connectivity index (χ1) is 19.0. The number of carbonyl (C=O) groups is 2. The first kappa shape index (κ1) is 28.6. The molecule has 206 valence electrons. The summed E-state index contributed by atoms with van der Waals surface area (Å²) in [6, 6.07) is 20.3. The Kier molecular flexibility index (Phi) is 10.3. The quantitative estimate of drug-likeness (QED) is 0.242. The summed E-state index contributed by atoms with van der Waals surface area (Å²) in [5, 5.41) is 15.6. The van der Waals surface area contributed by atoms with E-state index in [0.29, 0.717) is 11.4 Å². The number of urea groups is 1. The molecule has 10 heteroatoms. The number of pyridine rings is 1. The Bertz CT molecular complexity index is 1230. The zero-order valence-corrected chi connectivity index (χ0v) is 22.7. The number of esters is 1. The maximum atomic E-state index is 12.3. The number of aliphatic hydroxyl groups is 1. The van der Waals surface area contributed by atoms with Crippen molar-refractivity contribution < 1.29 is 28.9 Å². The number of carbonyl (C=O) groups excluding carboxylic acids is 2. The standard InChI is InChI=1S/C29H33N3O6S/c1-3-36-26(34)16-31-29(35)32-23-8-6-7-22(15-23)28-37-24(18-39-25-9-4-5-14-30-25)19(2)27(38-28)21-12-10-20(17-33)11-13-21/h4-15,19,24,27-28,33H,3,16-18H2,1-2H3,(H2,31,32,35)/t19-,24+,27+,28+/m1/s1. The summed E-state index contributed by atoms with van der Waals surface area (Å²) in [6.07, 6.45) is 0.687. The van der Waals surface area contributed by atoms with Gasteiger partial charge in [-0.25, -0.2) is 9.78 Å². The predicted octanol–water partition coefficient (Wildman–Crippen LogP) is 4.84. The van der Waals surface area contributed by atoms with E-state index in [4.69, 9.17) is 14.2 Å². The summed E-state index contributed by atoms with van der Waals surface area (Å²) < 4.78 is 17.8. The number of rotatable bonds is 10. The van der Waals surface area contributed by atoms with Crippen LogP contribution >= 0.6 is 11.8 Å². The van der Waals surface area contributed by atoms with Gasteiger partial charge >= 0.3 is 12.0 Å². The zero-order valence-electron chi connectivity index (χ0n) is 21.9. The number of benzene rings is 2. The first-order valence-corrected chi connectivity index (χ1v) is 13.8. The molecule has 1 fully saturated rings. The molecule has 3 aromatic rings. The number of hydrogen-bond acceptors (Lipinski definition) is 8. The fourth-order valence-electron chi connectivity index (χ4n) is 4.21. The van der Waals surface area contributed by atoms with E-state index in [2.05, 4.69) is 22.5 Å². The van der Waals surface area contributed by atoms with Crippen molar-refractivity contribution in [3.8, 4) is 0 Å². The molecule has 0 radical (unpaired) electrons. The molecule has 2 aromatic carbocycles. The molecule has 4 atom stereocenters. The summed E-state index contributed by atoms with van der Waals surface area (Å²) in [5.74, 6) is 0.205. The molecule has 2 heterocycles. The number of nitrogens with one attached hydrogen (secondary N) is 2. The Morgan fingerprint density at radius 3 is 2.59 bits per heavy atom. The normalized spacial score (nSPS) is 20.7. The van der Waals surface area contributed by atoms with Gasteiger partial charge in [0.2, 0.25) is 0 Å². The molecule has 0 spiro atoms. The minimum absolute atomic E-state index is 0.0242. The highest BCUT2D eigenvalue weighted by Crippen LogP contribution is 2.43. The number of hydrogen-bond donors (Lipinski definition) is 3. The summed E-state index contributed by atoms with van der Waals surface area (Å²) in [4.78, 5) is 28.2. The van der Waals surface area contributed by atoms with Crippen LogP contribution in [0.2, 0.25) is 0 Å². The molecule has 0 unspecified atom stereocenters. The van der Waals surface area contributed by atoms with Crippen molar-refractivity contribution in [3.63, 3.8) is 0 Å². The number of thioether (sulfide) groups is 1. The van der Waals surface area contributed by atoms with Gasteiger partial charge in [-0.1, -0.05) is 49.4 Å². The van der Waals surface area contributed by atoms with Crippen LogP contribution in [0.25, 0.3) is 0 Å². The second-order valence-electron chi connectivity index (χ2n) is 9.04. The van der Waals surface area contributed by atoms with Crippen LogP contribution in [0.3, 0.4) is 0 Å². The van der Waals surface area contributed by atoms with Crippen LogP contribution in [-0.4, -0.2) is 47.1 Å². The minimum atomic E-state index is -0.678. The van der Waals surface area contributed by atoms with Crippen LogP contribution in [0.5, 0.6) is 0 Å².